The number of rotatable bonds is 3. The molecule has 2 nitrogen and oxygen atoms in total. The Balaban J connectivity index is 3.35. The monoisotopic (exact) mass is 135 g/mol. The van der Waals surface area contributed by atoms with E-state index in [1.165, 1.54) is 0 Å². The van der Waals surface area contributed by atoms with Gasteiger partial charge in [-0.25, -0.2) is 0 Å². The van der Waals surface area contributed by atoms with Gasteiger partial charge in [0.25, 0.3) is 0 Å². The van der Waals surface area contributed by atoms with E-state index in [0.717, 1.165) is 0 Å². The molecule has 3 N–H and O–H groups in total. The topological polar surface area (TPSA) is 46.2 Å². The Kier molecular flexibility index (Phi) is 4.32. The van der Waals surface area contributed by atoms with E-state index in [4.69, 9.17) is 10.8 Å². The van der Waals surface area contributed by atoms with Crippen LogP contribution in [0.3, 0.4) is 0 Å². The summed E-state index contributed by atoms with van der Waals surface area (Å²) < 4.78 is 0. The molecule has 50 valence electrons. The number of aliphatic hydroxyl groups is 1. The second kappa shape index (κ2) is 4.18. The highest BCUT2D eigenvalue weighted by atomic mass is 32.2. The first-order valence-corrected chi connectivity index (χ1v) is 3.90. The fraction of sp³-hybridized carbons (Fsp3) is 1.00. The maximum Gasteiger partial charge on any atom is 0.0564 e. The van der Waals surface area contributed by atoms with Crippen molar-refractivity contribution >= 4 is 11.8 Å². The Hall–Kier alpha value is 0.270. The van der Waals surface area contributed by atoms with E-state index >= 15 is 0 Å². The summed E-state index contributed by atoms with van der Waals surface area (Å²) in [4.78, 5) is 0. The lowest BCUT2D eigenvalue weighted by Gasteiger charge is -2.13. The van der Waals surface area contributed by atoms with E-state index < -0.39 is 0 Å². The molecule has 0 aromatic heterocycles. The van der Waals surface area contributed by atoms with Crippen LogP contribution in [-0.2, 0) is 0 Å². The third-order valence-electron chi connectivity index (χ3n) is 1.07. The highest BCUT2D eigenvalue weighted by Crippen LogP contribution is 2.07. The van der Waals surface area contributed by atoms with Gasteiger partial charge in [-0.3, -0.25) is 0 Å². The maximum atomic E-state index is 8.60. The minimum Gasteiger partial charge on any atom is -0.395 e. The van der Waals surface area contributed by atoms with Gasteiger partial charge in [0.15, 0.2) is 0 Å². The van der Waals surface area contributed by atoms with Crippen molar-refractivity contribution in [2.45, 2.75) is 18.2 Å². The van der Waals surface area contributed by atoms with Gasteiger partial charge in [-0.15, -0.1) is 0 Å². The van der Waals surface area contributed by atoms with Gasteiger partial charge in [0.05, 0.1) is 6.61 Å². The molecule has 0 amide bonds. The summed E-state index contributed by atoms with van der Waals surface area (Å²) in [6.45, 7) is 2.08. The van der Waals surface area contributed by atoms with Gasteiger partial charge in [0.2, 0.25) is 0 Å². The van der Waals surface area contributed by atoms with Crippen LogP contribution in [0.4, 0.5) is 0 Å². The Labute approximate surface area is 54.5 Å². The standard InChI is InChI=1S/C5H13NOS/c1-4(6)5(3-7)8-2/h4-5,7H,3,6H2,1-2H3. The molecule has 2 unspecified atom stereocenters. The van der Waals surface area contributed by atoms with E-state index in [1.807, 2.05) is 13.2 Å². The van der Waals surface area contributed by atoms with Gasteiger partial charge < -0.3 is 10.8 Å². The molecule has 0 aromatic carbocycles. The minimum atomic E-state index is 0.0926. The van der Waals surface area contributed by atoms with Crippen molar-refractivity contribution < 1.29 is 5.11 Å². The van der Waals surface area contributed by atoms with Gasteiger partial charge in [0, 0.05) is 11.3 Å². The van der Waals surface area contributed by atoms with Gasteiger partial charge in [0.1, 0.15) is 0 Å². The van der Waals surface area contributed by atoms with Crippen molar-refractivity contribution in [2.75, 3.05) is 12.9 Å². The van der Waals surface area contributed by atoms with E-state index in [0.29, 0.717) is 0 Å². The largest absolute Gasteiger partial charge is 0.395 e. The summed E-state index contributed by atoms with van der Waals surface area (Å²) in [6, 6.07) is 0.0926. The highest BCUT2D eigenvalue weighted by Gasteiger charge is 2.08. The van der Waals surface area contributed by atoms with Gasteiger partial charge in [-0.2, -0.15) is 11.8 Å². The zero-order valence-electron chi connectivity index (χ0n) is 5.29. The molecule has 0 aliphatic carbocycles. The number of nitrogens with two attached hydrogens (primary N) is 1. The quantitative estimate of drug-likeness (QED) is 0.575. The van der Waals surface area contributed by atoms with E-state index in [-0.39, 0.29) is 17.9 Å². The van der Waals surface area contributed by atoms with Crippen molar-refractivity contribution in [3.8, 4) is 0 Å². The van der Waals surface area contributed by atoms with Crippen LogP contribution in [-0.4, -0.2) is 29.3 Å². The molecular weight excluding hydrogens is 122 g/mol. The number of hydrogen-bond acceptors (Lipinski definition) is 3. The molecule has 0 saturated heterocycles. The van der Waals surface area contributed by atoms with Crippen LogP contribution < -0.4 is 5.73 Å². The zero-order valence-corrected chi connectivity index (χ0v) is 6.11. The van der Waals surface area contributed by atoms with E-state index in [9.17, 15) is 0 Å². The second-order valence-electron chi connectivity index (χ2n) is 1.82. The molecule has 0 saturated carbocycles. The summed E-state index contributed by atoms with van der Waals surface area (Å²) in [5.74, 6) is 0. The first-order chi connectivity index (χ1) is 3.72. The molecular formula is C5H13NOS. The summed E-state index contributed by atoms with van der Waals surface area (Å²) in [6.07, 6.45) is 1.95. The lowest BCUT2D eigenvalue weighted by atomic mass is 10.3. The van der Waals surface area contributed by atoms with Crippen LogP contribution in [0.25, 0.3) is 0 Å². The average molecular weight is 135 g/mol. The Bertz CT molecular complexity index is 54.4. The van der Waals surface area contributed by atoms with Gasteiger partial charge in [-0.1, -0.05) is 0 Å². The molecule has 0 radical (unpaired) electrons. The second-order valence-corrected chi connectivity index (χ2v) is 2.89. The predicted molar refractivity (Wildman–Crippen MR) is 38.0 cm³/mol. The molecule has 0 bridgehead atoms. The third-order valence-corrected chi connectivity index (χ3v) is 2.25. The van der Waals surface area contributed by atoms with Crippen LogP contribution in [0.1, 0.15) is 6.92 Å². The van der Waals surface area contributed by atoms with Gasteiger partial charge >= 0.3 is 0 Å². The first kappa shape index (κ1) is 8.27. The first-order valence-electron chi connectivity index (χ1n) is 2.61. The Morgan fingerprint density at radius 3 is 2.25 bits per heavy atom. The van der Waals surface area contributed by atoms with Crippen LogP contribution >= 0.6 is 11.8 Å². The molecule has 0 aliphatic rings. The van der Waals surface area contributed by atoms with Crippen molar-refractivity contribution in [3.05, 3.63) is 0 Å². The van der Waals surface area contributed by atoms with Crippen LogP contribution in [0.15, 0.2) is 0 Å². The predicted octanol–water partition coefficient (Wildman–Crippen LogP) is 0.0575. The van der Waals surface area contributed by atoms with Crippen LogP contribution in [0.2, 0.25) is 0 Å². The summed E-state index contributed by atoms with van der Waals surface area (Å²) in [5.41, 5.74) is 5.48. The van der Waals surface area contributed by atoms with Crippen molar-refractivity contribution in [2.24, 2.45) is 5.73 Å². The molecule has 8 heavy (non-hydrogen) atoms. The lowest BCUT2D eigenvalue weighted by molar-refractivity contribution is 0.285. The molecule has 3 heteroatoms. The average Bonchev–Trinajstić information content (AvgIpc) is 1.69. The Morgan fingerprint density at radius 2 is 2.25 bits per heavy atom. The number of thioether (sulfide) groups is 1. The fourth-order valence-corrected chi connectivity index (χ4v) is 1.03. The summed E-state index contributed by atoms with van der Waals surface area (Å²) in [5, 5.41) is 8.80. The van der Waals surface area contributed by atoms with Crippen molar-refractivity contribution in [1.29, 1.82) is 0 Å². The van der Waals surface area contributed by atoms with Crippen LogP contribution in [0.5, 0.6) is 0 Å². The van der Waals surface area contributed by atoms with Crippen molar-refractivity contribution in [3.63, 3.8) is 0 Å². The smallest absolute Gasteiger partial charge is 0.0564 e. The molecule has 0 rings (SSSR count). The highest BCUT2D eigenvalue weighted by molar-refractivity contribution is 7.99. The minimum absolute atomic E-state index is 0.0926. The fourth-order valence-electron chi connectivity index (χ4n) is 0.455. The zero-order chi connectivity index (χ0) is 6.57. The molecule has 0 fully saturated rings. The summed E-state index contributed by atoms with van der Waals surface area (Å²) >= 11 is 1.60. The van der Waals surface area contributed by atoms with E-state index in [2.05, 4.69) is 0 Å². The third kappa shape index (κ3) is 2.55. The Morgan fingerprint density at radius 1 is 1.75 bits per heavy atom. The van der Waals surface area contributed by atoms with Crippen LogP contribution in [0, 0.1) is 0 Å². The maximum absolute atomic E-state index is 8.60. The van der Waals surface area contributed by atoms with Crippen molar-refractivity contribution in [1.82, 2.24) is 0 Å². The van der Waals surface area contributed by atoms with Gasteiger partial charge in [-0.05, 0) is 13.2 Å². The number of hydrogen-bond donors (Lipinski definition) is 2. The summed E-state index contributed by atoms with van der Waals surface area (Å²) in [7, 11) is 0. The molecule has 0 aromatic rings. The number of aliphatic hydroxyl groups excluding tert-OH is 1. The SMILES string of the molecule is CSC(CO)C(C)N. The van der Waals surface area contributed by atoms with E-state index in [1.54, 1.807) is 11.8 Å². The lowest BCUT2D eigenvalue weighted by Crippen LogP contribution is -2.31. The normalized spacial score (nSPS) is 18.0. The molecule has 0 heterocycles. The molecule has 0 aliphatic heterocycles. The molecule has 0 spiro atoms. The molecule has 2 atom stereocenters.